The number of urea groups is 1. The number of carbonyl (C=O) groups excluding carboxylic acids is 1. The summed E-state index contributed by atoms with van der Waals surface area (Å²) in [6.07, 6.45) is 2.31. The van der Waals surface area contributed by atoms with Crippen LogP contribution in [0.1, 0.15) is 11.1 Å². The Morgan fingerprint density at radius 3 is 2.61 bits per heavy atom. The second-order valence-corrected chi connectivity index (χ2v) is 5.20. The second-order valence-electron chi connectivity index (χ2n) is 5.20. The zero-order valence-corrected chi connectivity index (χ0v) is 12.6. The number of hydrogen-bond acceptors (Lipinski definition) is 3. The molecule has 1 heterocycles. The lowest BCUT2D eigenvalue weighted by molar-refractivity contribution is 0.250. The summed E-state index contributed by atoms with van der Waals surface area (Å²) in [5.41, 5.74) is 6.41. The lowest BCUT2D eigenvalue weighted by Crippen LogP contribution is -2.35. The maximum Gasteiger partial charge on any atom is 0.333 e. The molecule has 0 saturated heterocycles. The highest BCUT2D eigenvalue weighted by Gasteiger charge is 2.05. The van der Waals surface area contributed by atoms with Crippen molar-refractivity contribution >= 4 is 17.1 Å². The first-order chi connectivity index (χ1) is 11.3. The van der Waals surface area contributed by atoms with E-state index in [0.717, 1.165) is 28.6 Å². The van der Waals surface area contributed by atoms with Crippen LogP contribution in [0, 0.1) is 0 Å². The third-order valence-corrected chi connectivity index (χ3v) is 3.58. The van der Waals surface area contributed by atoms with Crippen molar-refractivity contribution in [1.29, 1.82) is 0 Å². The molecule has 2 aromatic carbocycles. The smallest absolute Gasteiger partial charge is 0.333 e. The number of hydrogen-bond donors (Lipinski definition) is 3. The highest BCUT2D eigenvalue weighted by molar-refractivity contribution is 5.85. The van der Waals surface area contributed by atoms with Crippen LogP contribution in [0.2, 0.25) is 0 Å². The predicted octanol–water partition coefficient (Wildman–Crippen LogP) is 2.02. The highest BCUT2D eigenvalue weighted by atomic mass is 16.3. The van der Waals surface area contributed by atoms with Gasteiger partial charge in [-0.3, -0.25) is 0 Å². The van der Waals surface area contributed by atoms with Crippen LogP contribution >= 0.6 is 0 Å². The first-order valence-electron chi connectivity index (χ1n) is 7.42. The lowest BCUT2D eigenvalue weighted by atomic mass is 10.1. The summed E-state index contributed by atoms with van der Waals surface area (Å²) < 4.78 is 1.60. The number of amides is 2. The molecule has 0 fully saturated rings. The molecule has 0 bridgehead atoms. The molecule has 3 rings (SSSR count). The largest absolute Gasteiger partial charge is 0.392 e. The van der Waals surface area contributed by atoms with Crippen molar-refractivity contribution in [3.63, 3.8) is 0 Å². The molecule has 0 aliphatic heterocycles. The number of imidazole rings is 1. The monoisotopic (exact) mass is 310 g/mol. The number of para-hydroxylation sites is 2. The minimum atomic E-state index is -0.278. The van der Waals surface area contributed by atoms with E-state index in [9.17, 15) is 4.79 Å². The predicted molar refractivity (Wildman–Crippen MR) is 88.6 cm³/mol. The fourth-order valence-corrected chi connectivity index (χ4v) is 2.33. The highest BCUT2D eigenvalue weighted by Crippen LogP contribution is 2.09. The van der Waals surface area contributed by atoms with Gasteiger partial charge in [-0.05, 0) is 29.7 Å². The molecule has 3 N–H and O–H groups in total. The number of nitrogens with zero attached hydrogens (tertiary/aromatic N) is 2. The minimum Gasteiger partial charge on any atom is -0.392 e. The van der Waals surface area contributed by atoms with Gasteiger partial charge in [-0.2, -0.15) is 0 Å². The standard InChI is InChI=1S/C17H18N4O2/c22-11-14-7-5-13(6-8-14)9-10-18-17(23)20-21-12-19-15-3-1-2-4-16(15)21/h1-8,12,22H,9-11H2,(H2,18,20,23). The Balaban J connectivity index is 1.51. The van der Waals surface area contributed by atoms with Crippen LogP contribution in [0.3, 0.4) is 0 Å². The van der Waals surface area contributed by atoms with Crippen molar-refractivity contribution in [2.45, 2.75) is 13.0 Å². The van der Waals surface area contributed by atoms with E-state index in [1.165, 1.54) is 0 Å². The van der Waals surface area contributed by atoms with E-state index in [1.54, 1.807) is 11.0 Å². The van der Waals surface area contributed by atoms with E-state index in [0.29, 0.717) is 6.54 Å². The molecule has 0 spiro atoms. The van der Waals surface area contributed by atoms with Crippen LogP contribution in [0.5, 0.6) is 0 Å². The van der Waals surface area contributed by atoms with E-state index in [4.69, 9.17) is 5.11 Å². The molecule has 0 unspecified atom stereocenters. The van der Waals surface area contributed by atoms with Crippen molar-refractivity contribution in [2.75, 3.05) is 12.0 Å². The summed E-state index contributed by atoms with van der Waals surface area (Å²) in [7, 11) is 0. The zero-order valence-electron chi connectivity index (χ0n) is 12.6. The van der Waals surface area contributed by atoms with Gasteiger partial charge in [-0.15, -0.1) is 0 Å². The molecule has 118 valence electrons. The summed E-state index contributed by atoms with van der Waals surface area (Å²) in [5, 5.41) is 11.8. The van der Waals surface area contributed by atoms with Crippen LogP contribution in [0.4, 0.5) is 4.79 Å². The van der Waals surface area contributed by atoms with Gasteiger partial charge in [0.2, 0.25) is 0 Å². The summed E-state index contributed by atoms with van der Waals surface area (Å²) in [5.74, 6) is 0. The summed E-state index contributed by atoms with van der Waals surface area (Å²) >= 11 is 0. The topological polar surface area (TPSA) is 79.2 Å². The number of aliphatic hydroxyl groups excluding tert-OH is 1. The number of carbonyl (C=O) groups is 1. The van der Waals surface area contributed by atoms with Gasteiger partial charge in [0.15, 0.2) is 0 Å². The third-order valence-electron chi connectivity index (χ3n) is 3.58. The van der Waals surface area contributed by atoms with Crippen molar-refractivity contribution in [3.05, 3.63) is 66.0 Å². The maximum absolute atomic E-state index is 11.9. The summed E-state index contributed by atoms with van der Waals surface area (Å²) in [6, 6.07) is 15.0. The molecule has 6 heteroatoms. The average molecular weight is 310 g/mol. The number of aromatic nitrogens is 2. The molecular formula is C17H18N4O2. The first kappa shape index (κ1) is 15.1. The van der Waals surface area contributed by atoms with Gasteiger partial charge in [0.05, 0.1) is 17.6 Å². The third kappa shape index (κ3) is 3.67. The van der Waals surface area contributed by atoms with Gasteiger partial charge in [-0.1, -0.05) is 36.4 Å². The second kappa shape index (κ2) is 6.93. The number of benzene rings is 2. The molecule has 6 nitrogen and oxygen atoms in total. The Kier molecular flexibility index (Phi) is 4.54. The quantitative estimate of drug-likeness (QED) is 0.674. The Morgan fingerprint density at radius 1 is 1.09 bits per heavy atom. The van der Waals surface area contributed by atoms with E-state index in [2.05, 4.69) is 15.7 Å². The molecular weight excluding hydrogens is 292 g/mol. The van der Waals surface area contributed by atoms with Crippen LogP contribution in [-0.4, -0.2) is 27.3 Å². The Morgan fingerprint density at radius 2 is 1.83 bits per heavy atom. The van der Waals surface area contributed by atoms with Crippen molar-refractivity contribution in [3.8, 4) is 0 Å². The number of nitrogens with one attached hydrogen (secondary N) is 2. The Hall–Kier alpha value is -2.86. The van der Waals surface area contributed by atoms with E-state index in [-0.39, 0.29) is 12.6 Å². The van der Waals surface area contributed by atoms with E-state index < -0.39 is 0 Å². The number of fused-ring (bicyclic) bond motifs is 1. The fraction of sp³-hybridized carbons (Fsp3) is 0.176. The number of rotatable bonds is 5. The molecule has 2 amide bonds. The van der Waals surface area contributed by atoms with Crippen LogP contribution in [-0.2, 0) is 13.0 Å². The molecule has 0 aliphatic carbocycles. The average Bonchev–Trinajstić information content (AvgIpc) is 2.99. The van der Waals surface area contributed by atoms with Crippen molar-refractivity contribution < 1.29 is 9.90 Å². The molecule has 1 aromatic heterocycles. The zero-order chi connectivity index (χ0) is 16.1. The van der Waals surface area contributed by atoms with E-state index >= 15 is 0 Å². The van der Waals surface area contributed by atoms with Crippen LogP contribution < -0.4 is 10.7 Å². The molecule has 0 saturated carbocycles. The van der Waals surface area contributed by atoms with Gasteiger partial charge in [0.1, 0.15) is 6.33 Å². The van der Waals surface area contributed by atoms with Gasteiger partial charge in [0, 0.05) is 6.54 Å². The maximum atomic E-state index is 11.9. The van der Waals surface area contributed by atoms with Crippen molar-refractivity contribution in [1.82, 2.24) is 15.0 Å². The fourth-order valence-electron chi connectivity index (χ4n) is 2.33. The van der Waals surface area contributed by atoms with Gasteiger partial charge >= 0.3 is 6.03 Å². The molecule has 0 aliphatic rings. The minimum absolute atomic E-state index is 0.0415. The first-order valence-corrected chi connectivity index (χ1v) is 7.42. The Labute approximate surface area is 133 Å². The molecule has 0 atom stereocenters. The normalized spacial score (nSPS) is 10.7. The molecule has 3 aromatic rings. The summed E-state index contributed by atoms with van der Waals surface area (Å²) in [4.78, 5) is 16.2. The molecule has 23 heavy (non-hydrogen) atoms. The van der Waals surface area contributed by atoms with Crippen LogP contribution in [0.25, 0.3) is 11.0 Å². The Bertz CT molecular complexity index is 796. The van der Waals surface area contributed by atoms with Gasteiger partial charge in [-0.25, -0.2) is 19.9 Å². The SMILES string of the molecule is O=C(NCCc1ccc(CO)cc1)Nn1cnc2ccccc21. The van der Waals surface area contributed by atoms with Gasteiger partial charge in [0.25, 0.3) is 0 Å². The number of aliphatic hydroxyl groups is 1. The lowest BCUT2D eigenvalue weighted by Gasteiger charge is -2.09. The van der Waals surface area contributed by atoms with E-state index in [1.807, 2.05) is 48.5 Å². The molecule has 0 radical (unpaired) electrons. The van der Waals surface area contributed by atoms with Crippen molar-refractivity contribution in [2.24, 2.45) is 0 Å². The van der Waals surface area contributed by atoms with Crippen LogP contribution in [0.15, 0.2) is 54.9 Å². The summed E-state index contributed by atoms with van der Waals surface area (Å²) in [6.45, 7) is 0.566. The van der Waals surface area contributed by atoms with Gasteiger partial charge < -0.3 is 10.4 Å².